The van der Waals surface area contributed by atoms with Gasteiger partial charge in [0.25, 0.3) is 10.0 Å². The minimum atomic E-state index is -3.74. The van der Waals surface area contributed by atoms with E-state index >= 15 is 0 Å². The number of hydrogen-bond acceptors (Lipinski definition) is 7. The SMILES string of the molecule is O=S(=O)(Nc1ccc(CCNC[C@H](O)c2cccnc2)cc1)c1ccc2c(c1)CCN2c1cccc(CCCC2CCCC2)n1. The summed E-state index contributed by atoms with van der Waals surface area (Å²) in [5.74, 6) is 1.83. The van der Waals surface area contributed by atoms with Crippen LogP contribution in [-0.2, 0) is 29.3 Å². The van der Waals surface area contributed by atoms with E-state index in [-0.39, 0.29) is 4.90 Å². The van der Waals surface area contributed by atoms with Crippen LogP contribution >= 0.6 is 0 Å². The second-order valence-electron chi connectivity index (χ2n) is 12.3. The summed E-state index contributed by atoms with van der Waals surface area (Å²) in [6.45, 7) is 1.91. The first-order valence-corrected chi connectivity index (χ1v) is 17.7. The van der Waals surface area contributed by atoms with Crippen LogP contribution in [0.15, 0.2) is 90.1 Å². The zero-order valence-corrected chi connectivity index (χ0v) is 26.6. The van der Waals surface area contributed by atoms with Crippen LogP contribution in [0.1, 0.15) is 67.0 Å². The van der Waals surface area contributed by atoms with Crippen molar-refractivity contribution in [2.24, 2.45) is 5.92 Å². The Labute approximate surface area is 267 Å². The van der Waals surface area contributed by atoms with Crippen molar-refractivity contribution in [3.8, 4) is 0 Å². The molecule has 1 atom stereocenters. The highest BCUT2D eigenvalue weighted by atomic mass is 32.2. The van der Waals surface area contributed by atoms with Gasteiger partial charge in [-0.3, -0.25) is 9.71 Å². The van der Waals surface area contributed by atoms with Crippen LogP contribution in [0.2, 0.25) is 0 Å². The Bertz CT molecular complexity index is 1660. The van der Waals surface area contributed by atoms with Crippen molar-refractivity contribution in [1.82, 2.24) is 15.3 Å². The van der Waals surface area contributed by atoms with Gasteiger partial charge < -0.3 is 15.3 Å². The second kappa shape index (κ2) is 14.5. The second-order valence-corrected chi connectivity index (χ2v) is 14.0. The summed E-state index contributed by atoms with van der Waals surface area (Å²) in [4.78, 5) is 11.5. The summed E-state index contributed by atoms with van der Waals surface area (Å²) in [5, 5.41) is 13.5. The number of hydrogen-bond donors (Lipinski definition) is 3. The molecule has 3 N–H and O–H groups in total. The molecule has 2 aromatic carbocycles. The third-order valence-electron chi connectivity index (χ3n) is 9.05. The molecule has 2 aliphatic rings. The molecule has 3 heterocycles. The molecule has 0 amide bonds. The van der Waals surface area contributed by atoms with Crippen LogP contribution in [0.4, 0.5) is 17.2 Å². The van der Waals surface area contributed by atoms with E-state index in [2.05, 4.69) is 32.1 Å². The van der Waals surface area contributed by atoms with Crippen LogP contribution in [0.25, 0.3) is 0 Å². The number of pyridine rings is 2. The molecule has 4 aromatic rings. The molecular formula is C36H43N5O3S. The van der Waals surface area contributed by atoms with Gasteiger partial charge in [0, 0.05) is 48.1 Å². The van der Waals surface area contributed by atoms with Crippen molar-refractivity contribution in [3.05, 3.63) is 108 Å². The quantitative estimate of drug-likeness (QED) is 0.140. The minimum absolute atomic E-state index is 0.261. The van der Waals surface area contributed by atoms with Crippen molar-refractivity contribution in [2.45, 2.75) is 68.8 Å². The number of fused-ring (bicyclic) bond motifs is 1. The lowest BCUT2D eigenvalue weighted by Crippen LogP contribution is -2.23. The minimum Gasteiger partial charge on any atom is -0.387 e. The molecule has 45 heavy (non-hydrogen) atoms. The lowest BCUT2D eigenvalue weighted by atomic mass is 10.00. The van der Waals surface area contributed by atoms with Crippen LogP contribution < -0.4 is 14.9 Å². The zero-order chi connectivity index (χ0) is 31.1. The lowest BCUT2D eigenvalue weighted by Gasteiger charge is -2.19. The Morgan fingerprint density at radius 3 is 2.62 bits per heavy atom. The van der Waals surface area contributed by atoms with Gasteiger partial charge in [0.15, 0.2) is 0 Å². The zero-order valence-electron chi connectivity index (χ0n) is 25.7. The van der Waals surface area contributed by atoms with Crippen LogP contribution in [0.5, 0.6) is 0 Å². The van der Waals surface area contributed by atoms with Gasteiger partial charge in [-0.05, 0) is 97.8 Å². The van der Waals surface area contributed by atoms with E-state index < -0.39 is 16.1 Å². The first kappa shape index (κ1) is 31.2. The number of anilines is 3. The Hall–Kier alpha value is -3.79. The maximum absolute atomic E-state index is 13.3. The molecule has 6 rings (SSSR count). The van der Waals surface area contributed by atoms with E-state index in [0.717, 1.165) is 65.6 Å². The van der Waals surface area contributed by atoms with Crippen molar-refractivity contribution in [2.75, 3.05) is 29.3 Å². The van der Waals surface area contributed by atoms with Crippen LogP contribution in [0.3, 0.4) is 0 Å². The number of aliphatic hydroxyl groups excluding tert-OH is 1. The summed E-state index contributed by atoms with van der Waals surface area (Å²) in [6.07, 6.45) is 13.3. The molecule has 1 saturated carbocycles. The van der Waals surface area contributed by atoms with E-state index in [4.69, 9.17) is 4.98 Å². The molecule has 2 aromatic heterocycles. The van der Waals surface area contributed by atoms with E-state index in [0.29, 0.717) is 18.8 Å². The summed E-state index contributed by atoms with van der Waals surface area (Å²) in [7, 11) is -3.74. The molecule has 0 radical (unpaired) electrons. The van der Waals surface area contributed by atoms with Gasteiger partial charge in [-0.25, -0.2) is 13.4 Å². The fraction of sp³-hybridized carbons (Fsp3) is 0.389. The number of aliphatic hydroxyl groups is 1. The molecule has 1 aliphatic heterocycles. The van der Waals surface area contributed by atoms with Gasteiger partial charge in [0.05, 0.1) is 11.0 Å². The van der Waals surface area contributed by atoms with Crippen LogP contribution in [-0.4, -0.2) is 43.1 Å². The number of nitrogens with one attached hydrogen (secondary N) is 2. The highest BCUT2D eigenvalue weighted by molar-refractivity contribution is 7.92. The van der Waals surface area contributed by atoms with Gasteiger partial charge >= 0.3 is 0 Å². The van der Waals surface area contributed by atoms with Crippen molar-refractivity contribution in [3.63, 3.8) is 0 Å². The molecule has 8 nitrogen and oxygen atoms in total. The Kier molecular flexibility index (Phi) is 10.1. The molecule has 1 fully saturated rings. The Morgan fingerprint density at radius 1 is 0.978 bits per heavy atom. The number of sulfonamides is 1. The fourth-order valence-electron chi connectivity index (χ4n) is 6.53. The summed E-state index contributed by atoms with van der Waals surface area (Å²) in [6, 6.07) is 22.7. The van der Waals surface area contributed by atoms with Crippen LogP contribution in [0, 0.1) is 5.92 Å². The number of aromatic nitrogens is 2. The van der Waals surface area contributed by atoms with E-state index in [1.54, 1.807) is 36.7 Å². The molecule has 0 saturated heterocycles. The van der Waals surface area contributed by atoms with Gasteiger partial charge in [0.1, 0.15) is 5.82 Å². The molecule has 236 valence electrons. The molecule has 9 heteroatoms. The average molecular weight is 626 g/mol. The maximum Gasteiger partial charge on any atom is 0.261 e. The molecule has 0 unspecified atom stereocenters. The van der Waals surface area contributed by atoms with Crippen molar-refractivity contribution >= 4 is 27.2 Å². The summed E-state index contributed by atoms with van der Waals surface area (Å²) >= 11 is 0. The highest BCUT2D eigenvalue weighted by Gasteiger charge is 2.25. The predicted molar refractivity (Wildman–Crippen MR) is 179 cm³/mol. The first-order valence-electron chi connectivity index (χ1n) is 16.2. The van der Waals surface area contributed by atoms with Crippen molar-refractivity contribution < 1.29 is 13.5 Å². The Morgan fingerprint density at radius 2 is 1.82 bits per heavy atom. The third kappa shape index (κ3) is 8.09. The summed E-state index contributed by atoms with van der Waals surface area (Å²) in [5.41, 5.74) is 5.55. The average Bonchev–Trinajstić information content (AvgIpc) is 3.74. The number of benzene rings is 2. The fourth-order valence-corrected chi connectivity index (χ4v) is 7.64. The van der Waals surface area contributed by atoms with Crippen molar-refractivity contribution in [1.29, 1.82) is 0 Å². The van der Waals surface area contributed by atoms with Gasteiger partial charge in [-0.1, -0.05) is 56.4 Å². The standard InChI is InChI=1S/C36H43N5O3S/c42-35(30-9-5-21-37-25-30)26-38-22-19-28-13-15-32(16-14-28)40-45(43,44)33-17-18-34-29(24-33)20-23-41(34)36-12-4-11-31(39-36)10-3-8-27-6-1-2-7-27/h4-5,9,11-18,21,24-25,27,35,38,40,42H,1-3,6-8,10,19-20,22-23,26H2/t35-/m0/s1. The normalized spacial score (nSPS) is 15.7. The summed E-state index contributed by atoms with van der Waals surface area (Å²) < 4.78 is 29.3. The number of nitrogens with zero attached hydrogens (tertiary/aromatic N) is 3. The van der Waals surface area contributed by atoms with Gasteiger partial charge in [0.2, 0.25) is 0 Å². The first-order chi connectivity index (χ1) is 21.9. The van der Waals surface area contributed by atoms with E-state index in [1.807, 2.05) is 36.4 Å². The molecule has 0 spiro atoms. The number of rotatable bonds is 14. The number of aryl methyl sites for hydroxylation is 1. The molecule has 1 aliphatic carbocycles. The van der Waals surface area contributed by atoms with Gasteiger partial charge in [-0.2, -0.15) is 0 Å². The van der Waals surface area contributed by atoms with E-state index in [9.17, 15) is 13.5 Å². The topological polar surface area (TPSA) is 107 Å². The van der Waals surface area contributed by atoms with E-state index in [1.165, 1.54) is 38.5 Å². The molecular weight excluding hydrogens is 582 g/mol. The maximum atomic E-state index is 13.3. The predicted octanol–water partition coefficient (Wildman–Crippen LogP) is 6.35. The van der Waals surface area contributed by atoms with Gasteiger partial charge in [-0.15, -0.1) is 0 Å². The Balaban J connectivity index is 1.02. The largest absolute Gasteiger partial charge is 0.387 e. The monoisotopic (exact) mass is 625 g/mol. The lowest BCUT2D eigenvalue weighted by molar-refractivity contribution is 0.174. The molecule has 0 bridgehead atoms. The smallest absolute Gasteiger partial charge is 0.261 e. The third-order valence-corrected chi connectivity index (χ3v) is 10.4. The highest BCUT2D eigenvalue weighted by Crippen LogP contribution is 2.35.